The molecule has 1 aromatic rings. The largest absolute Gasteiger partial charge is 0.103 e. The third-order valence-corrected chi connectivity index (χ3v) is 10.4. The van der Waals surface area contributed by atoms with E-state index in [2.05, 4.69) is 75.8 Å². The molecule has 0 spiro atoms. The summed E-state index contributed by atoms with van der Waals surface area (Å²) in [4.78, 5) is 0. The number of allylic oxidation sites excluding steroid dienone is 2. The molecule has 1 aromatic carbocycles. The van der Waals surface area contributed by atoms with Crippen LogP contribution in [0.3, 0.4) is 0 Å². The molecule has 0 nitrogen and oxygen atoms in total. The summed E-state index contributed by atoms with van der Waals surface area (Å²) in [5.74, 6) is 0. The van der Waals surface area contributed by atoms with Gasteiger partial charge in [0.1, 0.15) is 0 Å². The van der Waals surface area contributed by atoms with Crippen LogP contribution in [0.15, 0.2) is 49.6 Å². The molecule has 0 heterocycles. The van der Waals surface area contributed by atoms with E-state index in [0.29, 0.717) is 0 Å². The highest BCUT2D eigenvalue weighted by atomic mass is 28.3. The Morgan fingerprint density at radius 3 is 1.44 bits per heavy atom. The Bertz CT molecular complexity index is 389. The van der Waals surface area contributed by atoms with Crippen LogP contribution in [0.4, 0.5) is 0 Å². The van der Waals surface area contributed by atoms with Gasteiger partial charge in [0, 0.05) is 0 Å². The highest BCUT2D eigenvalue weighted by Gasteiger charge is 2.31. The van der Waals surface area contributed by atoms with Crippen LogP contribution in [-0.4, -0.2) is 16.1 Å². The van der Waals surface area contributed by atoms with Crippen molar-refractivity contribution in [2.75, 3.05) is 0 Å². The minimum absolute atomic E-state index is 1.16. The quantitative estimate of drug-likeness (QED) is 0.545. The van der Waals surface area contributed by atoms with Crippen molar-refractivity contribution in [2.24, 2.45) is 0 Å². The van der Waals surface area contributed by atoms with Crippen molar-refractivity contribution in [3.05, 3.63) is 49.6 Å². The maximum absolute atomic E-state index is 3.93. The van der Waals surface area contributed by atoms with Gasteiger partial charge in [-0.2, -0.15) is 0 Å². The second kappa shape index (κ2) is 5.85. The van der Waals surface area contributed by atoms with E-state index >= 15 is 0 Å². The van der Waals surface area contributed by atoms with Crippen molar-refractivity contribution in [3.8, 4) is 0 Å². The van der Waals surface area contributed by atoms with Crippen LogP contribution in [0.5, 0.6) is 0 Å². The van der Waals surface area contributed by atoms with E-state index in [1.165, 1.54) is 0 Å². The third kappa shape index (κ3) is 3.33. The molecular weight excluding hydrogens is 248 g/mol. The molecule has 0 aliphatic heterocycles. The number of rotatable bonds is 6. The fourth-order valence-electron chi connectivity index (χ4n) is 2.61. The number of hydrogen-bond donors (Lipinski definition) is 0. The first-order chi connectivity index (χ1) is 8.35. The highest BCUT2D eigenvalue weighted by molar-refractivity contribution is 6.99. The van der Waals surface area contributed by atoms with Gasteiger partial charge in [-0.25, -0.2) is 0 Å². The normalized spacial score (nSPS) is 12.2. The summed E-state index contributed by atoms with van der Waals surface area (Å²) in [7, 11) is -2.76. The molecule has 1 rings (SSSR count). The predicted octanol–water partition coefficient (Wildman–Crippen LogP) is 3.89. The first-order valence-corrected chi connectivity index (χ1v) is 13.1. The van der Waals surface area contributed by atoms with Crippen LogP contribution >= 0.6 is 0 Å². The lowest BCUT2D eigenvalue weighted by Gasteiger charge is -2.31. The van der Waals surface area contributed by atoms with E-state index in [1.807, 2.05) is 0 Å². The Kier molecular flexibility index (Phi) is 4.94. The summed E-state index contributed by atoms with van der Waals surface area (Å²) in [5, 5.41) is 3.26. The Hall–Kier alpha value is -0.866. The Morgan fingerprint density at radius 2 is 1.17 bits per heavy atom. The Morgan fingerprint density at radius 1 is 0.833 bits per heavy atom. The van der Waals surface area contributed by atoms with Gasteiger partial charge in [-0.15, -0.1) is 13.2 Å². The average molecular weight is 275 g/mol. The first-order valence-electron chi connectivity index (χ1n) is 6.67. The molecule has 2 heteroatoms. The highest BCUT2D eigenvalue weighted by Crippen LogP contribution is 2.14. The fraction of sp³-hybridized carbons (Fsp3) is 0.375. The van der Waals surface area contributed by atoms with Gasteiger partial charge in [0.25, 0.3) is 0 Å². The zero-order chi connectivity index (χ0) is 13.8. The second-order valence-corrected chi connectivity index (χ2v) is 15.7. The van der Waals surface area contributed by atoms with E-state index < -0.39 is 16.1 Å². The monoisotopic (exact) mass is 274 g/mol. The maximum Gasteiger partial charge on any atom is 0.0841 e. The van der Waals surface area contributed by atoms with Gasteiger partial charge < -0.3 is 0 Å². The summed E-state index contributed by atoms with van der Waals surface area (Å²) in [5.41, 5.74) is 0. The number of hydrogen-bond acceptors (Lipinski definition) is 0. The zero-order valence-electron chi connectivity index (χ0n) is 12.3. The first kappa shape index (κ1) is 15.2. The molecule has 0 saturated carbocycles. The van der Waals surface area contributed by atoms with Gasteiger partial charge in [-0.1, -0.05) is 73.0 Å². The summed E-state index contributed by atoms with van der Waals surface area (Å²) in [6, 6.07) is 11.4. The maximum atomic E-state index is 3.93. The zero-order valence-corrected chi connectivity index (χ0v) is 14.3. The van der Waals surface area contributed by atoms with Crippen LogP contribution in [0.25, 0.3) is 0 Å². The molecule has 0 N–H and O–H groups in total. The summed E-state index contributed by atoms with van der Waals surface area (Å²) >= 11 is 0. The van der Waals surface area contributed by atoms with E-state index in [4.69, 9.17) is 0 Å². The minimum Gasteiger partial charge on any atom is -0.103 e. The summed E-state index contributed by atoms with van der Waals surface area (Å²) < 4.78 is 0. The second-order valence-electron chi connectivity index (χ2n) is 6.30. The van der Waals surface area contributed by atoms with Crippen molar-refractivity contribution in [1.82, 2.24) is 0 Å². The standard InChI is InChI=1S/C16H26Si2/c1-7-13-17(3,4)15-11-9-10-12-16(15)18(5,6)14-8-2/h7-12H,1-2,13-14H2,3-6H3. The van der Waals surface area contributed by atoms with Gasteiger partial charge >= 0.3 is 0 Å². The molecule has 0 aliphatic carbocycles. The summed E-state index contributed by atoms with van der Waals surface area (Å²) in [6.07, 6.45) is 4.18. The minimum atomic E-state index is -1.38. The van der Waals surface area contributed by atoms with E-state index in [1.54, 1.807) is 10.4 Å². The molecule has 0 fully saturated rings. The van der Waals surface area contributed by atoms with E-state index in [0.717, 1.165) is 12.1 Å². The summed E-state index contributed by atoms with van der Waals surface area (Å²) in [6.45, 7) is 17.7. The molecule has 0 amide bonds. The van der Waals surface area contributed by atoms with Crippen molar-refractivity contribution in [1.29, 1.82) is 0 Å². The number of benzene rings is 1. The SMILES string of the molecule is C=CC[Si](C)(C)c1ccccc1[Si](C)(C)CC=C. The average Bonchev–Trinajstić information content (AvgIpc) is 2.29. The van der Waals surface area contributed by atoms with Crippen molar-refractivity contribution >= 4 is 26.5 Å². The topological polar surface area (TPSA) is 0 Å². The Labute approximate surface area is 114 Å². The molecule has 18 heavy (non-hydrogen) atoms. The van der Waals surface area contributed by atoms with Gasteiger partial charge in [0.05, 0.1) is 16.1 Å². The molecule has 0 aliphatic rings. The van der Waals surface area contributed by atoms with Crippen molar-refractivity contribution in [3.63, 3.8) is 0 Å². The molecule has 0 bridgehead atoms. The van der Waals surface area contributed by atoms with Crippen LogP contribution in [0, 0.1) is 0 Å². The molecule has 0 aromatic heterocycles. The van der Waals surface area contributed by atoms with Crippen LogP contribution in [0.1, 0.15) is 0 Å². The third-order valence-electron chi connectivity index (χ3n) is 3.69. The predicted molar refractivity (Wildman–Crippen MR) is 90.7 cm³/mol. The van der Waals surface area contributed by atoms with Crippen molar-refractivity contribution in [2.45, 2.75) is 38.3 Å². The van der Waals surface area contributed by atoms with Gasteiger partial charge in [-0.05, 0) is 12.1 Å². The van der Waals surface area contributed by atoms with Crippen LogP contribution < -0.4 is 10.4 Å². The smallest absolute Gasteiger partial charge is 0.0841 e. The molecule has 0 saturated heterocycles. The Balaban J connectivity index is 3.30. The lowest BCUT2D eigenvalue weighted by Crippen LogP contribution is -2.58. The van der Waals surface area contributed by atoms with Gasteiger partial charge in [0.2, 0.25) is 0 Å². The molecule has 0 radical (unpaired) electrons. The lowest BCUT2D eigenvalue weighted by atomic mass is 10.4. The lowest BCUT2D eigenvalue weighted by molar-refractivity contribution is 1.52. The van der Waals surface area contributed by atoms with Gasteiger partial charge in [-0.3, -0.25) is 0 Å². The van der Waals surface area contributed by atoms with Crippen molar-refractivity contribution < 1.29 is 0 Å². The fourth-order valence-corrected chi connectivity index (χ4v) is 9.24. The van der Waals surface area contributed by atoms with Crippen LogP contribution in [-0.2, 0) is 0 Å². The molecule has 0 atom stereocenters. The molecule has 98 valence electrons. The molecular formula is C16H26Si2. The van der Waals surface area contributed by atoms with E-state index in [-0.39, 0.29) is 0 Å². The van der Waals surface area contributed by atoms with Gasteiger partial charge in [0.15, 0.2) is 0 Å². The van der Waals surface area contributed by atoms with Crippen LogP contribution in [0.2, 0.25) is 38.3 Å². The van der Waals surface area contributed by atoms with E-state index in [9.17, 15) is 0 Å². The molecule has 0 unspecified atom stereocenters.